The van der Waals surface area contributed by atoms with Crippen molar-refractivity contribution in [3.05, 3.63) is 0 Å². The van der Waals surface area contributed by atoms with Gasteiger partial charge in [0.15, 0.2) is 0 Å². The molecule has 0 aromatic carbocycles. The van der Waals surface area contributed by atoms with Gasteiger partial charge < -0.3 is 0 Å². The fraction of sp³-hybridized carbons (Fsp3) is 1.00. The van der Waals surface area contributed by atoms with E-state index in [9.17, 15) is 0 Å². The highest BCUT2D eigenvalue weighted by Gasteiger charge is 2.67. The molecule has 3 aliphatic rings. The van der Waals surface area contributed by atoms with Crippen molar-refractivity contribution in [2.45, 2.75) is 59.8 Å². The van der Waals surface area contributed by atoms with Gasteiger partial charge in [0.25, 0.3) is 0 Å². The van der Waals surface area contributed by atoms with E-state index >= 15 is 0 Å². The number of rotatable bonds is 4. The maximum absolute atomic E-state index is 2.41. The van der Waals surface area contributed by atoms with Gasteiger partial charge in [0, 0.05) is 0 Å². The van der Waals surface area contributed by atoms with Gasteiger partial charge in [-0.15, -0.1) is 0 Å². The summed E-state index contributed by atoms with van der Waals surface area (Å²) in [7, 11) is 0. The summed E-state index contributed by atoms with van der Waals surface area (Å²) in [6.45, 7) is 9.52. The zero-order chi connectivity index (χ0) is 9.69. The Morgan fingerprint density at radius 1 is 1.00 bits per heavy atom. The highest BCUT2D eigenvalue weighted by Crippen LogP contribution is 2.77. The highest BCUT2D eigenvalue weighted by atomic mass is 14.7. The van der Waals surface area contributed by atoms with Gasteiger partial charge in [0.2, 0.25) is 0 Å². The van der Waals surface area contributed by atoms with Gasteiger partial charge in [-0.2, -0.15) is 0 Å². The van der Waals surface area contributed by atoms with Crippen molar-refractivity contribution >= 4 is 0 Å². The van der Waals surface area contributed by atoms with Crippen LogP contribution in [0.5, 0.6) is 0 Å². The summed E-state index contributed by atoms with van der Waals surface area (Å²) < 4.78 is 0. The molecule has 3 aliphatic carbocycles. The van der Waals surface area contributed by atoms with Crippen molar-refractivity contribution in [1.29, 1.82) is 0 Å². The summed E-state index contributed by atoms with van der Waals surface area (Å²) >= 11 is 0. The van der Waals surface area contributed by atoms with Gasteiger partial charge in [-0.1, -0.05) is 34.1 Å². The Hall–Kier alpha value is 0. The van der Waals surface area contributed by atoms with Crippen molar-refractivity contribution in [2.24, 2.45) is 22.7 Å². The monoisotopic (exact) mass is 180 g/mol. The van der Waals surface area contributed by atoms with Gasteiger partial charge >= 0.3 is 0 Å². The fourth-order valence-electron chi connectivity index (χ4n) is 3.56. The predicted octanol–water partition coefficient (Wildman–Crippen LogP) is 4.25. The van der Waals surface area contributed by atoms with Crippen LogP contribution in [0.4, 0.5) is 0 Å². The smallest absolute Gasteiger partial charge is 0.0259 e. The lowest BCUT2D eigenvalue weighted by atomic mass is 9.31. The molecule has 0 spiro atoms. The molecule has 2 bridgehead atoms. The highest BCUT2D eigenvalue weighted by molar-refractivity contribution is 5.17. The minimum atomic E-state index is 0.816. The number of hydrogen-bond donors (Lipinski definition) is 0. The van der Waals surface area contributed by atoms with E-state index in [0.29, 0.717) is 0 Å². The first-order valence-corrected chi connectivity index (χ1v) is 5.98. The molecular weight excluding hydrogens is 156 g/mol. The van der Waals surface area contributed by atoms with Gasteiger partial charge in [0.1, 0.15) is 0 Å². The topological polar surface area (TPSA) is 0 Å². The lowest BCUT2D eigenvalue weighted by molar-refractivity contribution is -0.234. The van der Waals surface area contributed by atoms with Crippen LogP contribution in [-0.4, -0.2) is 0 Å². The van der Waals surface area contributed by atoms with Crippen molar-refractivity contribution in [2.75, 3.05) is 0 Å². The molecular formula is C13H24. The summed E-state index contributed by atoms with van der Waals surface area (Å²) in [5.74, 6) is 1.84. The third-order valence-electron chi connectivity index (χ3n) is 4.66. The third kappa shape index (κ3) is 1.33. The molecule has 0 aliphatic heterocycles. The molecule has 13 heavy (non-hydrogen) atoms. The summed E-state index contributed by atoms with van der Waals surface area (Å²) in [6.07, 6.45) is 7.65. The summed E-state index contributed by atoms with van der Waals surface area (Å²) in [4.78, 5) is 0. The van der Waals surface area contributed by atoms with E-state index < -0.39 is 0 Å². The van der Waals surface area contributed by atoms with Crippen LogP contribution >= 0.6 is 0 Å². The van der Waals surface area contributed by atoms with Crippen molar-refractivity contribution in [3.63, 3.8) is 0 Å². The van der Waals surface area contributed by atoms with E-state index in [1.54, 1.807) is 19.3 Å². The van der Waals surface area contributed by atoms with Crippen molar-refractivity contribution < 1.29 is 0 Å². The largest absolute Gasteiger partial charge is 0.0628 e. The predicted molar refractivity (Wildman–Crippen MR) is 57.6 cm³/mol. The van der Waals surface area contributed by atoms with E-state index in [1.807, 2.05) is 0 Å². The first-order valence-electron chi connectivity index (χ1n) is 5.98. The molecule has 3 rings (SSSR count). The maximum Gasteiger partial charge on any atom is -0.0259 e. The van der Waals surface area contributed by atoms with Gasteiger partial charge in [0.05, 0.1) is 0 Å². The Bertz CT molecular complexity index is 174. The normalized spacial score (nSPS) is 42.0. The minimum absolute atomic E-state index is 0.816. The molecule has 76 valence electrons. The van der Waals surface area contributed by atoms with Crippen molar-refractivity contribution in [3.8, 4) is 0 Å². The maximum atomic E-state index is 2.41. The third-order valence-corrected chi connectivity index (χ3v) is 4.66. The molecule has 0 saturated heterocycles. The van der Waals surface area contributed by atoms with Crippen LogP contribution in [-0.2, 0) is 0 Å². The minimum Gasteiger partial charge on any atom is -0.0628 e. The molecule has 0 amide bonds. The average molecular weight is 180 g/mol. The SMILES string of the molecule is CC(C)CCC12CC(C(C)C)(C1)C2. The van der Waals surface area contributed by atoms with Gasteiger partial charge in [-0.05, 0) is 48.3 Å². The van der Waals surface area contributed by atoms with Gasteiger partial charge in [-0.3, -0.25) is 0 Å². The van der Waals surface area contributed by atoms with E-state index in [4.69, 9.17) is 0 Å². The second kappa shape index (κ2) is 2.74. The molecule has 0 radical (unpaired) electrons. The Labute approximate surface area is 83.1 Å². The molecule has 0 heteroatoms. The van der Waals surface area contributed by atoms with E-state index in [-0.39, 0.29) is 0 Å². The van der Waals surface area contributed by atoms with E-state index in [0.717, 1.165) is 22.7 Å². The van der Waals surface area contributed by atoms with Crippen LogP contribution in [0.3, 0.4) is 0 Å². The first-order chi connectivity index (χ1) is 5.98. The van der Waals surface area contributed by atoms with Gasteiger partial charge in [-0.25, -0.2) is 0 Å². The molecule has 0 aromatic heterocycles. The van der Waals surface area contributed by atoms with Crippen LogP contribution in [0.15, 0.2) is 0 Å². The van der Waals surface area contributed by atoms with Crippen LogP contribution in [0.2, 0.25) is 0 Å². The second-order valence-electron chi connectivity index (χ2n) is 6.48. The molecule has 0 aromatic rings. The average Bonchev–Trinajstić information content (AvgIpc) is 1.79. The van der Waals surface area contributed by atoms with E-state index in [2.05, 4.69) is 27.7 Å². The van der Waals surface area contributed by atoms with Crippen LogP contribution in [0, 0.1) is 22.7 Å². The van der Waals surface area contributed by atoms with Crippen LogP contribution in [0.25, 0.3) is 0 Å². The van der Waals surface area contributed by atoms with Crippen molar-refractivity contribution in [1.82, 2.24) is 0 Å². The molecule has 3 saturated carbocycles. The lowest BCUT2D eigenvalue weighted by Gasteiger charge is -2.73. The Morgan fingerprint density at radius 2 is 1.54 bits per heavy atom. The number of hydrogen-bond acceptors (Lipinski definition) is 0. The summed E-state index contributed by atoms with van der Waals surface area (Å²) in [5, 5.41) is 0. The van der Waals surface area contributed by atoms with E-state index in [1.165, 1.54) is 12.8 Å². The quantitative estimate of drug-likeness (QED) is 0.606. The second-order valence-corrected chi connectivity index (χ2v) is 6.48. The lowest BCUT2D eigenvalue weighted by Crippen LogP contribution is -2.63. The first kappa shape index (κ1) is 9.55. The Balaban J connectivity index is 1.77. The zero-order valence-corrected chi connectivity index (χ0v) is 9.69. The molecule has 0 N–H and O–H groups in total. The van der Waals surface area contributed by atoms with Crippen LogP contribution in [0.1, 0.15) is 59.8 Å². The molecule has 0 heterocycles. The Kier molecular flexibility index (Phi) is 2.02. The zero-order valence-electron chi connectivity index (χ0n) is 9.69. The molecule has 0 nitrogen and oxygen atoms in total. The Morgan fingerprint density at radius 3 is 1.92 bits per heavy atom. The summed E-state index contributed by atoms with van der Waals surface area (Å²) in [6, 6.07) is 0. The molecule has 3 fully saturated rings. The summed E-state index contributed by atoms with van der Waals surface area (Å²) in [5.41, 5.74) is 1.66. The van der Waals surface area contributed by atoms with Crippen LogP contribution < -0.4 is 0 Å². The fourth-order valence-corrected chi connectivity index (χ4v) is 3.56. The standard InChI is InChI=1S/C13H24/c1-10(2)5-6-12-7-13(8-12,9-12)11(3)4/h10-11H,5-9H2,1-4H3. The molecule has 0 unspecified atom stereocenters. The molecule has 0 atom stereocenters.